The van der Waals surface area contributed by atoms with Gasteiger partial charge >= 0.3 is 0 Å². The summed E-state index contributed by atoms with van der Waals surface area (Å²) in [4.78, 5) is 12.6. The lowest BCUT2D eigenvalue weighted by atomic mass is 9.94. The zero-order chi connectivity index (χ0) is 14.2. The molecular weight excluding hydrogens is 270 g/mol. The van der Waals surface area contributed by atoms with Crippen molar-refractivity contribution in [2.45, 2.75) is 25.2 Å². The molecule has 1 amide bonds. The van der Waals surface area contributed by atoms with Gasteiger partial charge in [-0.3, -0.25) is 4.79 Å². The highest BCUT2D eigenvalue weighted by atomic mass is 35.5. The third kappa shape index (κ3) is 2.20. The van der Waals surface area contributed by atoms with Crippen molar-refractivity contribution in [2.24, 2.45) is 0 Å². The normalized spacial score (nSPS) is 15.7. The molecular formula is C17H16ClNO. The van der Waals surface area contributed by atoms with Crippen LogP contribution in [0.2, 0.25) is 5.02 Å². The number of carbonyl (C=O) groups is 1. The lowest BCUT2D eigenvalue weighted by Gasteiger charge is -2.18. The number of para-hydroxylation sites is 1. The molecule has 1 fully saturated rings. The van der Waals surface area contributed by atoms with Crippen LogP contribution in [0.15, 0.2) is 48.5 Å². The number of aryl methyl sites for hydroxylation is 1. The van der Waals surface area contributed by atoms with Gasteiger partial charge in [0.1, 0.15) is 0 Å². The van der Waals surface area contributed by atoms with Crippen molar-refractivity contribution >= 4 is 23.2 Å². The number of anilines is 1. The first kappa shape index (κ1) is 13.2. The van der Waals surface area contributed by atoms with Gasteiger partial charge in [-0.2, -0.15) is 0 Å². The second-order valence-electron chi connectivity index (χ2n) is 5.33. The Hall–Kier alpha value is -1.80. The maximum atomic E-state index is 12.6. The number of halogens is 1. The maximum Gasteiger partial charge on any atom is 0.235 e. The molecule has 0 bridgehead atoms. The minimum Gasteiger partial charge on any atom is -0.325 e. The smallest absolute Gasteiger partial charge is 0.235 e. The highest BCUT2D eigenvalue weighted by Gasteiger charge is 2.52. The fraction of sp³-hybridized carbons (Fsp3) is 0.235. The van der Waals surface area contributed by atoms with Crippen LogP contribution in [0, 0.1) is 6.92 Å². The summed E-state index contributed by atoms with van der Waals surface area (Å²) in [5.74, 6) is 0.0416. The molecule has 0 aliphatic heterocycles. The molecule has 2 aromatic rings. The second-order valence-corrected chi connectivity index (χ2v) is 5.74. The summed E-state index contributed by atoms with van der Waals surface area (Å²) in [5.41, 5.74) is 2.43. The van der Waals surface area contributed by atoms with Gasteiger partial charge in [0.25, 0.3) is 0 Å². The van der Waals surface area contributed by atoms with Crippen molar-refractivity contribution in [3.63, 3.8) is 0 Å². The minimum atomic E-state index is -0.444. The Morgan fingerprint density at radius 1 is 1.10 bits per heavy atom. The first-order valence-corrected chi connectivity index (χ1v) is 7.13. The predicted molar refractivity (Wildman–Crippen MR) is 82.2 cm³/mol. The SMILES string of the molecule is Cc1ccccc1NC(=O)C1(c2ccccc2Cl)CC1. The van der Waals surface area contributed by atoms with Crippen LogP contribution in [0.25, 0.3) is 0 Å². The minimum absolute atomic E-state index is 0.0416. The van der Waals surface area contributed by atoms with Gasteiger partial charge in [-0.25, -0.2) is 0 Å². The maximum absolute atomic E-state index is 12.6. The first-order valence-electron chi connectivity index (χ1n) is 6.75. The lowest BCUT2D eigenvalue weighted by molar-refractivity contribution is -0.118. The van der Waals surface area contributed by atoms with Gasteiger partial charge in [0.05, 0.1) is 5.41 Å². The summed E-state index contributed by atoms with van der Waals surface area (Å²) in [6.07, 6.45) is 1.71. The number of nitrogens with one attached hydrogen (secondary N) is 1. The molecule has 2 nitrogen and oxygen atoms in total. The van der Waals surface area contributed by atoms with Crippen LogP contribution in [0.1, 0.15) is 24.0 Å². The van der Waals surface area contributed by atoms with E-state index in [2.05, 4.69) is 5.32 Å². The average Bonchev–Trinajstić information content (AvgIpc) is 3.23. The van der Waals surface area contributed by atoms with Crippen LogP contribution in [-0.4, -0.2) is 5.91 Å². The van der Waals surface area contributed by atoms with Crippen molar-refractivity contribution in [1.29, 1.82) is 0 Å². The molecule has 0 unspecified atom stereocenters. The van der Waals surface area contributed by atoms with Crippen LogP contribution in [0.3, 0.4) is 0 Å². The fourth-order valence-corrected chi connectivity index (χ4v) is 2.86. The Bertz CT molecular complexity index is 662. The summed E-state index contributed by atoms with van der Waals surface area (Å²) in [6.45, 7) is 1.99. The summed E-state index contributed by atoms with van der Waals surface area (Å²) in [5, 5.41) is 3.71. The molecule has 102 valence electrons. The second kappa shape index (κ2) is 4.95. The average molecular weight is 286 g/mol. The highest BCUT2D eigenvalue weighted by Crippen LogP contribution is 2.51. The van der Waals surface area contributed by atoms with Crippen LogP contribution >= 0.6 is 11.6 Å². The summed E-state index contributed by atoms with van der Waals surface area (Å²) in [6, 6.07) is 15.4. The van der Waals surface area contributed by atoms with E-state index < -0.39 is 5.41 Å². The molecule has 0 radical (unpaired) electrons. The standard InChI is InChI=1S/C17H16ClNO/c1-12-6-2-5-9-15(12)19-16(20)17(10-11-17)13-7-3-4-8-14(13)18/h2-9H,10-11H2,1H3,(H,19,20). The Balaban J connectivity index is 1.88. The highest BCUT2D eigenvalue weighted by molar-refractivity contribution is 6.32. The van der Waals surface area contributed by atoms with Gasteiger partial charge in [0.15, 0.2) is 0 Å². The molecule has 0 aromatic heterocycles. The zero-order valence-electron chi connectivity index (χ0n) is 11.3. The number of benzene rings is 2. The van der Waals surface area contributed by atoms with Crippen molar-refractivity contribution in [2.75, 3.05) is 5.32 Å². The molecule has 3 rings (SSSR count). The van der Waals surface area contributed by atoms with Crippen LogP contribution in [0.5, 0.6) is 0 Å². The van der Waals surface area contributed by atoms with E-state index >= 15 is 0 Å². The van der Waals surface area contributed by atoms with E-state index in [1.807, 2.05) is 55.5 Å². The van der Waals surface area contributed by atoms with E-state index in [9.17, 15) is 4.79 Å². The van der Waals surface area contributed by atoms with Crippen molar-refractivity contribution < 1.29 is 4.79 Å². The van der Waals surface area contributed by atoms with Crippen molar-refractivity contribution in [3.8, 4) is 0 Å². The summed E-state index contributed by atoms with van der Waals surface area (Å²) >= 11 is 6.25. The van der Waals surface area contributed by atoms with Gasteiger partial charge in [0.2, 0.25) is 5.91 Å². The molecule has 3 heteroatoms. The molecule has 1 saturated carbocycles. The molecule has 0 heterocycles. The Morgan fingerprint density at radius 3 is 2.40 bits per heavy atom. The van der Waals surface area contributed by atoms with Gasteiger partial charge in [-0.1, -0.05) is 48.0 Å². The van der Waals surface area contributed by atoms with Crippen molar-refractivity contribution in [3.05, 3.63) is 64.7 Å². The van der Waals surface area contributed by atoms with Gasteiger partial charge < -0.3 is 5.32 Å². The van der Waals surface area contributed by atoms with E-state index in [1.165, 1.54) is 0 Å². The topological polar surface area (TPSA) is 29.1 Å². The molecule has 0 saturated heterocycles. The molecule has 1 aliphatic carbocycles. The Morgan fingerprint density at radius 2 is 1.75 bits per heavy atom. The van der Waals surface area contributed by atoms with E-state index in [1.54, 1.807) is 0 Å². The van der Waals surface area contributed by atoms with Crippen LogP contribution < -0.4 is 5.32 Å². The van der Waals surface area contributed by atoms with Gasteiger partial charge in [-0.15, -0.1) is 0 Å². The lowest BCUT2D eigenvalue weighted by Crippen LogP contribution is -2.28. The molecule has 0 spiro atoms. The van der Waals surface area contributed by atoms with E-state index in [-0.39, 0.29) is 5.91 Å². The molecule has 2 aromatic carbocycles. The van der Waals surface area contributed by atoms with Crippen LogP contribution in [0.4, 0.5) is 5.69 Å². The van der Waals surface area contributed by atoms with Crippen molar-refractivity contribution in [1.82, 2.24) is 0 Å². The molecule has 1 N–H and O–H groups in total. The van der Waals surface area contributed by atoms with Gasteiger partial charge in [0, 0.05) is 10.7 Å². The Labute approximate surface area is 123 Å². The third-order valence-electron chi connectivity index (χ3n) is 3.97. The number of carbonyl (C=O) groups excluding carboxylic acids is 1. The summed E-state index contributed by atoms with van der Waals surface area (Å²) < 4.78 is 0. The third-order valence-corrected chi connectivity index (χ3v) is 4.30. The molecule has 20 heavy (non-hydrogen) atoms. The monoisotopic (exact) mass is 285 g/mol. The number of amides is 1. The largest absolute Gasteiger partial charge is 0.325 e. The predicted octanol–water partition coefficient (Wildman–Crippen LogP) is 4.32. The fourth-order valence-electron chi connectivity index (χ4n) is 2.55. The van der Waals surface area contributed by atoms with E-state index in [0.717, 1.165) is 29.7 Å². The quantitative estimate of drug-likeness (QED) is 0.894. The summed E-state index contributed by atoms with van der Waals surface area (Å²) in [7, 11) is 0. The number of hydrogen-bond acceptors (Lipinski definition) is 1. The van der Waals surface area contributed by atoms with Gasteiger partial charge in [-0.05, 0) is 43.0 Å². The number of rotatable bonds is 3. The molecule has 0 atom stereocenters. The molecule has 1 aliphatic rings. The number of hydrogen-bond donors (Lipinski definition) is 1. The Kier molecular flexibility index (Phi) is 3.27. The van der Waals surface area contributed by atoms with E-state index in [4.69, 9.17) is 11.6 Å². The van der Waals surface area contributed by atoms with Crippen LogP contribution in [-0.2, 0) is 10.2 Å². The first-order chi connectivity index (χ1) is 9.63. The van der Waals surface area contributed by atoms with E-state index in [0.29, 0.717) is 5.02 Å². The zero-order valence-corrected chi connectivity index (χ0v) is 12.1.